The lowest BCUT2D eigenvalue weighted by Crippen LogP contribution is -2.36. The minimum absolute atomic E-state index is 0.0228. The third-order valence-corrected chi connectivity index (χ3v) is 6.76. The Kier molecular flexibility index (Phi) is 4.38. The van der Waals surface area contributed by atoms with Crippen molar-refractivity contribution in [2.45, 2.75) is 26.8 Å². The number of imidazole rings is 1. The minimum Gasteiger partial charge on any atom is -0.337 e. The highest BCUT2D eigenvalue weighted by atomic mass is 16.2. The van der Waals surface area contributed by atoms with E-state index in [9.17, 15) is 9.59 Å². The highest BCUT2D eigenvalue weighted by Gasteiger charge is 2.49. The summed E-state index contributed by atoms with van der Waals surface area (Å²) in [6.07, 6.45) is 3.74. The molecule has 0 N–H and O–H groups in total. The molecule has 3 aromatic rings. The van der Waals surface area contributed by atoms with E-state index in [1.807, 2.05) is 57.8 Å². The van der Waals surface area contributed by atoms with E-state index in [1.54, 1.807) is 6.92 Å². The first-order chi connectivity index (χ1) is 14.4. The SMILES string of the molecule is CC(=O)N1C[C@H]2CN(C(=O)c3cn4cccc(C)c4n3)C[C@H]2[C@H]1c1ccccc1C. The molecule has 1 aromatic carbocycles. The van der Waals surface area contributed by atoms with Crippen LogP contribution in [0.3, 0.4) is 0 Å². The molecule has 3 atom stereocenters. The molecule has 0 radical (unpaired) electrons. The van der Waals surface area contributed by atoms with Crippen LogP contribution in [0.15, 0.2) is 48.8 Å². The summed E-state index contributed by atoms with van der Waals surface area (Å²) < 4.78 is 1.91. The van der Waals surface area contributed by atoms with Gasteiger partial charge in [0.05, 0.1) is 6.04 Å². The summed E-state index contributed by atoms with van der Waals surface area (Å²) in [5.74, 6) is 0.621. The first-order valence-electron chi connectivity index (χ1n) is 10.5. The van der Waals surface area contributed by atoms with Crippen LogP contribution in [0.25, 0.3) is 5.65 Å². The van der Waals surface area contributed by atoms with Crippen LogP contribution < -0.4 is 0 Å². The fourth-order valence-corrected chi connectivity index (χ4v) is 5.27. The van der Waals surface area contributed by atoms with Gasteiger partial charge in [-0.2, -0.15) is 0 Å². The van der Waals surface area contributed by atoms with E-state index in [0.717, 1.165) is 11.2 Å². The summed E-state index contributed by atoms with van der Waals surface area (Å²) in [7, 11) is 0. The number of hydrogen-bond donors (Lipinski definition) is 0. The third-order valence-electron chi connectivity index (χ3n) is 6.76. The van der Waals surface area contributed by atoms with Gasteiger partial charge in [0.2, 0.25) is 5.91 Å². The van der Waals surface area contributed by atoms with Gasteiger partial charge in [0.1, 0.15) is 11.3 Å². The van der Waals surface area contributed by atoms with E-state index in [1.165, 1.54) is 11.1 Å². The number of amides is 2. The van der Waals surface area contributed by atoms with Crippen molar-refractivity contribution < 1.29 is 9.59 Å². The number of hydrogen-bond acceptors (Lipinski definition) is 3. The summed E-state index contributed by atoms with van der Waals surface area (Å²) in [6, 6.07) is 12.3. The Hall–Kier alpha value is -3.15. The normalized spacial score (nSPS) is 23.2. The smallest absolute Gasteiger partial charge is 0.274 e. The van der Waals surface area contributed by atoms with Crippen molar-refractivity contribution in [3.63, 3.8) is 0 Å². The molecule has 0 spiro atoms. The van der Waals surface area contributed by atoms with Crippen LogP contribution in [-0.4, -0.2) is 50.6 Å². The summed E-state index contributed by atoms with van der Waals surface area (Å²) in [4.78, 5) is 34.1. The Balaban J connectivity index is 1.44. The predicted octanol–water partition coefficient (Wildman–Crippen LogP) is 3.24. The quantitative estimate of drug-likeness (QED) is 0.661. The maximum Gasteiger partial charge on any atom is 0.274 e. The first kappa shape index (κ1) is 18.9. The molecule has 6 nitrogen and oxygen atoms in total. The second-order valence-corrected chi connectivity index (χ2v) is 8.66. The fraction of sp³-hybridized carbons (Fsp3) is 0.375. The number of pyridine rings is 1. The van der Waals surface area contributed by atoms with Crippen LogP contribution in [0, 0.1) is 25.7 Å². The maximum absolute atomic E-state index is 13.3. The van der Waals surface area contributed by atoms with Crippen LogP contribution in [0.4, 0.5) is 0 Å². The van der Waals surface area contributed by atoms with Crippen molar-refractivity contribution in [3.8, 4) is 0 Å². The van der Waals surface area contributed by atoms with Gasteiger partial charge in [0.15, 0.2) is 0 Å². The number of likely N-dealkylation sites (tertiary alicyclic amines) is 2. The highest BCUT2D eigenvalue weighted by molar-refractivity contribution is 5.93. The van der Waals surface area contributed by atoms with Crippen molar-refractivity contribution >= 4 is 17.5 Å². The van der Waals surface area contributed by atoms with E-state index in [4.69, 9.17) is 0 Å². The number of carbonyl (C=O) groups is 2. The summed E-state index contributed by atoms with van der Waals surface area (Å²) in [6.45, 7) is 7.76. The molecular formula is C24H26N4O2. The molecule has 2 aliphatic rings. The average Bonchev–Trinajstić information content (AvgIpc) is 3.41. The number of fused-ring (bicyclic) bond motifs is 2. The topological polar surface area (TPSA) is 57.9 Å². The van der Waals surface area contributed by atoms with Crippen LogP contribution >= 0.6 is 0 Å². The van der Waals surface area contributed by atoms with E-state index in [0.29, 0.717) is 31.2 Å². The van der Waals surface area contributed by atoms with Crippen LogP contribution in [-0.2, 0) is 4.79 Å². The third kappa shape index (κ3) is 2.90. The lowest BCUT2D eigenvalue weighted by Gasteiger charge is -2.30. The average molecular weight is 402 g/mol. The van der Waals surface area contributed by atoms with Gasteiger partial charge in [0, 0.05) is 50.8 Å². The van der Waals surface area contributed by atoms with Gasteiger partial charge in [0.25, 0.3) is 5.91 Å². The van der Waals surface area contributed by atoms with Gasteiger partial charge in [-0.05, 0) is 36.6 Å². The van der Waals surface area contributed by atoms with Crippen molar-refractivity contribution in [3.05, 3.63) is 71.2 Å². The number of benzene rings is 1. The largest absolute Gasteiger partial charge is 0.337 e. The second-order valence-electron chi connectivity index (χ2n) is 8.66. The zero-order chi connectivity index (χ0) is 21.0. The van der Waals surface area contributed by atoms with Gasteiger partial charge in [-0.3, -0.25) is 9.59 Å². The zero-order valence-electron chi connectivity index (χ0n) is 17.6. The van der Waals surface area contributed by atoms with Gasteiger partial charge in [-0.1, -0.05) is 30.3 Å². The molecule has 0 unspecified atom stereocenters. The van der Waals surface area contributed by atoms with Crippen molar-refractivity contribution in [1.29, 1.82) is 0 Å². The summed E-state index contributed by atoms with van der Waals surface area (Å²) in [5, 5.41) is 0. The Morgan fingerprint density at radius 3 is 2.50 bits per heavy atom. The van der Waals surface area contributed by atoms with Crippen LogP contribution in [0.1, 0.15) is 40.1 Å². The number of aromatic nitrogens is 2. The molecule has 6 heteroatoms. The van der Waals surface area contributed by atoms with Crippen molar-refractivity contribution in [2.24, 2.45) is 11.8 Å². The summed E-state index contributed by atoms with van der Waals surface area (Å²) in [5.41, 5.74) is 4.74. The molecule has 5 rings (SSSR count). The Bertz CT molecular complexity index is 1150. The Morgan fingerprint density at radius 2 is 1.77 bits per heavy atom. The van der Waals surface area contributed by atoms with Crippen molar-refractivity contribution in [1.82, 2.24) is 19.2 Å². The van der Waals surface area contributed by atoms with Gasteiger partial charge in [-0.15, -0.1) is 0 Å². The molecule has 2 aromatic heterocycles. The van der Waals surface area contributed by atoms with E-state index in [2.05, 4.69) is 24.0 Å². The fourth-order valence-electron chi connectivity index (χ4n) is 5.27. The molecule has 4 heterocycles. The lowest BCUT2D eigenvalue weighted by molar-refractivity contribution is -0.130. The van der Waals surface area contributed by atoms with Crippen LogP contribution in [0.2, 0.25) is 0 Å². The predicted molar refractivity (Wildman–Crippen MR) is 114 cm³/mol. The molecular weight excluding hydrogens is 376 g/mol. The molecule has 2 saturated heterocycles. The number of aryl methyl sites for hydroxylation is 2. The molecule has 0 aliphatic carbocycles. The molecule has 2 amide bonds. The monoisotopic (exact) mass is 402 g/mol. The second kappa shape index (κ2) is 6.97. The maximum atomic E-state index is 13.3. The number of rotatable bonds is 2. The van der Waals surface area contributed by atoms with Gasteiger partial charge >= 0.3 is 0 Å². The molecule has 2 fully saturated rings. The van der Waals surface area contributed by atoms with Crippen molar-refractivity contribution in [2.75, 3.05) is 19.6 Å². The molecule has 30 heavy (non-hydrogen) atoms. The van der Waals surface area contributed by atoms with Gasteiger partial charge in [-0.25, -0.2) is 4.98 Å². The highest BCUT2D eigenvalue weighted by Crippen LogP contribution is 2.46. The first-order valence-corrected chi connectivity index (χ1v) is 10.5. The van der Waals surface area contributed by atoms with Crippen LogP contribution in [0.5, 0.6) is 0 Å². The number of carbonyl (C=O) groups excluding carboxylic acids is 2. The molecule has 0 saturated carbocycles. The number of nitrogens with zero attached hydrogens (tertiary/aromatic N) is 4. The standard InChI is InChI=1S/C24H26N4O2/c1-15-7-4-5-9-19(15)22-20-13-27(11-18(20)12-28(22)17(3)29)24(30)21-14-26-10-6-8-16(2)23(26)25-21/h4-10,14,18,20,22H,11-13H2,1-3H3/t18-,20-,22-/m1/s1. The lowest BCUT2D eigenvalue weighted by atomic mass is 9.87. The molecule has 154 valence electrons. The molecule has 0 bridgehead atoms. The zero-order valence-corrected chi connectivity index (χ0v) is 17.6. The molecule has 2 aliphatic heterocycles. The van der Waals surface area contributed by atoms with Gasteiger partial charge < -0.3 is 14.2 Å². The minimum atomic E-state index is -0.0228. The summed E-state index contributed by atoms with van der Waals surface area (Å²) >= 11 is 0. The van der Waals surface area contributed by atoms with E-state index in [-0.39, 0.29) is 23.8 Å². The Labute approximate surface area is 176 Å². The van der Waals surface area contributed by atoms with E-state index < -0.39 is 0 Å². The van der Waals surface area contributed by atoms with E-state index >= 15 is 0 Å². The Morgan fingerprint density at radius 1 is 1.00 bits per heavy atom.